The van der Waals surface area contributed by atoms with Gasteiger partial charge < -0.3 is 19.0 Å². The van der Waals surface area contributed by atoms with Crippen LogP contribution in [0.2, 0.25) is 0 Å². The van der Waals surface area contributed by atoms with Gasteiger partial charge in [-0.1, -0.05) is 13.3 Å². The predicted octanol–water partition coefficient (Wildman–Crippen LogP) is 5.23. The maximum Gasteiger partial charge on any atom is 0.338 e. The number of fused-ring (bicyclic) bond motifs is 1. The molecule has 1 atom stereocenters. The Bertz CT molecular complexity index is 1180. The predicted molar refractivity (Wildman–Crippen MR) is 125 cm³/mol. The quantitative estimate of drug-likeness (QED) is 0.492. The Morgan fingerprint density at radius 1 is 1.18 bits per heavy atom. The second-order valence-electron chi connectivity index (χ2n) is 8.45. The largest absolute Gasteiger partial charge is 0.507 e. The lowest BCUT2D eigenvalue weighted by molar-refractivity contribution is 0.0505. The highest BCUT2D eigenvalue weighted by molar-refractivity contribution is 5.89. The standard InChI is InChI=1S/C26H29NO6/c1-3-14-31-26(30)18-7-9-19(10-8-18)33-23-16-32-25-20(24(23)29)11-12-22(28)21(25)15-27-13-5-4-6-17(27)2/h7-12,16-17,28H,3-6,13-15H2,1-2H3/t17-/m0/s1. The summed E-state index contributed by atoms with van der Waals surface area (Å²) in [6.45, 7) is 5.94. The Morgan fingerprint density at radius 2 is 1.97 bits per heavy atom. The van der Waals surface area contributed by atoms with Crippen LogP contribution in [-0.4, -0.2) is 35.2 Å². The number of phenols is 1. The van der Waals surface area contributed by atoms with Crippen molar-refractivity contribution >= 4 is 16.9 Å². The van der Waals surface area contributed by atoms with Crippen LogP contribution in [0.5, 0.6) is 17.2 Å². The van der Waals surface area contributed by atoms with Crippen LogP contribution < -0.4 is 10.2 Å². The molecule has 1 aromatic heterocycles. The Balaban J connectivity index is 1.58. The summed E-state index contributed by atoms with van der Waals surface area (Å²) in [6, 6.07) is 9.88. The second-order valence-corrected chi connectivity index (χ2v) is 8.45. The van der Waals surface area contributed by atoms with Crippen LogP contribution in [-0.2, 0) is 11.3 Å². The van der Waals surface area contributed by atoms with E-state index in [4.69, 9.17) is 13.9 Å². The van der Waals surface area contributed by atoms with E-state index in [0.717, 1.165) is 25.8 Å². The highest BCUT2D eigenvalue weighted by atomic mass is 16.5. The van der Waals surface area contributed by atoms with Gasteiger partial charge in [-0.25, -0.2) is 4.79 Å². The van der Waals surface area contributed by atoms with E-state index in [0.29, 0.717) is 47.0 Å². The molecule has 2 heterocycles. The van der Waals surface area contributed by atoms with Crippen LogP contribution in [0.1, 0.15) is 55.5 Å². The van der Waals surface area contributed by atoms with Gasteiger partial charge in [-0.15, -0.1) is 0 Å². The lowest BCUT2D eigenvalue weighted by Crippen LogP contribution is -2.36. The number of likely N-dealkylation sites (tertiary alicyclic amines) is 1. The minimum absolute atomic E-state index is 0.0341. The van der Waals surface area contributed by atoms with E-state index in [9.17, 15) is 14.7 Å². The van der Waals surface area contributed by atoms with Gasteiger partial charge in [0.05, 0.1) is 23.1 Å². The van der Waals surface area contributed by atoms with Crippen LogP contribution in [0.15, 0.2) is 51.9 Å². The zero-order valence-corrected chi connectivity index (χ0v) is 19.0. The van der Waals surface area contributed by atoms with E-state index in [1.807, 2.05) is 6.92 Å². The van der Waals surface area contributed by atoms with E-state index >= 15 is 0 Å². The van der Waals surface area contributed by atoms with Crippen LogP contribution in [0.3, 0.4) is 0 Å². The molecule has 0 aliphatic carbocycles. The van der Waals surface area contributed by atoms with E-state index in [2.05, 4.69) is 11.8 Å². The molecular weight excluding hydrogens is 422 g/mol. The number of piperidine rings is 1. The molecule has 0 bridgehead atoms. The summed E-state index contributed by atoms with van der Waals surface area (Å²) in [5.41, 5.74) is 1.07. The molecule has 1 aliphatic heterocycles. The summed E-state index contributed by atoms with van der Waals surface area (Å²) in [5.74, 6) is 0.147. The van der Waals surface area contributed by atoms with E-state index in [-0.39, 0.29) is 16.9 Å². The first-order valence-electron chi connectivity index (χ1n) is 11.4. The SMILES string of the molecule is CCCOC(=O)c1ccc(Oc2coc3c(CN4CCCC[C@@H]4C)c(O)ccc3c2=O)cc1. The molecule has 0 spiro atoms. The second kappa shape index (κ2) is 10.1. The lowest BCUT2D eigenvalue weighted by atomic mass is 10.0. The molecule has 1 N–H and O–H groups in total. The number of hydrogen-bond acceptors (Lipinski definition) is 7. The molecule has 1 saturated heterocycles. The van der Waals surface area contributed by atoms with Crippen molar-refractivity contribution in [3.8, 4) is 17.2 Å². The Labute approximate surface area is 192 Å². The van der Waals surface area contributed by atoms with Gasteiger partial charge in [0, 0.05) is 12.6 Å². The number of carbonyl (C=O) groups is 1. The van der Waals surface area contributed by atoms with Crippen LogP contribution in [0.4, 0.5) is 0 Å². The minimum Gasteiger partial charge on any atom is -0.507 e. The third-order valence-electron chi connectivity index (χ3n) is 6.04. The van der Waals surface area contributed by atoms with Crippen LogP contribution in [0, 0.1) is 0 Å². The molecule has 0 radical (unpaired) electrons. The van der Waals surface area contributed by atoms with E-state index < -0.39 is 5.97 Å². The normalized spacial score (nSPS) is 16.6. The summed E-state index contributed by atoms with van der Waals surface area (Å²) in [7, 11) is 0. The lowest BCUT2D eigenvalue weighted by Gasteiger charge is -2.33. The zero-order chi connectivity index (χ0) is 23.4. The summed E-state index contributed by atoms with van der Waals surface area (Å²) < 4.78 is 16.7. The van der Waals surface area contributed by atoms with E-state index in [1.54, 1.807) is 30.3 Å². The average Bonchev–Trinajstić information content (AvgIpc) is 2.82. The number of phenolic OH excluding ortho intramolecular Hbond substituents is 1. The summed E-state index contributed by atoms with van der Waals surface area (Å²) in [5, 5.41) is 10.8. The maximum absolute atomic E-state index is 13.1. The van der Waals surface area contributed by atoms with Gasteiger partial charge in [-0.3, -0.25) is 9.69 Å². The minimum atomic E-state index is -0.399. The first kappa shape index (κ1) is 22.9. The number of aromatic hydroxyl groups is 1. The van der Waals surface area contributed by atoms with Crippen molar-refractivity contribution in [3.63, 3.8) is 0 Å². The number of rotatable bonds is 7. The fourth-order valence-corrected chi connectivity index (χ4v) is 4.11. The number of hydrogen-bond donors (Lipinski definition) is 1. The first-order valence-corrected chi connectivity index (χ1v) is 11.4. The van der Waals surface area contributed by atoms with Gasteiger partial charge >= 0.3 is 5.97 Å². The van der Waals surface area contributed by atoms with Crippen molar-refractivity contribution in [1.29, 1.82) is 0 Å². The highest BCUT2D eigenvalue weighted by Crippen LogP contribution is 2.31. The van der Waals surface area contributed by atoms with Crippen molar-refractivity contribution in [1.82, 2.24) is 4.90 Å². The molecule has 2 aromatic carbocycles. The molecule has 7 heteroatoms. The number of nitrogens with zero attached hydrogens (tertiary/aromatic N) is 1. The van der Waals surface area contributed by atoms with Crippen molar-refractivity contribution in [2.75, 3.05) is 13.2 Å². The van der Waals surface area contributed by atoms with Gasteiger partial charge in [-0.2, -0.15) is 0 Å². The van der Waals surface area contributed by atoms with Crippen LogP contribution in [0.25, 0.3) is 11.0 Å². The number of esters is 1. The topological polar surface area (TPSA) is 89.2 Å². The fraction of sp³-hybridized carbons (Fsp3) is 0.385. The third kappa shape index (κ3) is 5.03. The van der Waals surface area contributed by atoms with Crippen molar-refractivity contribution in [2.45, 2.75) is 52.1 Å². The number of benzene rings is 2. The molecule has 0 unspecified atom stereocenters. The summed E-state index contributed by atoms with van der Waals surface area (Å²) >= 11 is 0. The third-order valence-corrected chi connectivity index (χ3v) is 6.04. The monoisotopic (exact) mass is 451 g/mol. The van der Waals surface area contributed by atoms with Gasteiger partial charge in [-0.05, 0) is 69.1 Å². The Morgan fingerprint density at radius 3 is 2.70 bits per heavy atom. The summed E-state index contributed by atoms with van der Waals surface area (Å²) in [6.07, 6.45) is 5.46. The Hall–Kier alpha value is -3.32. The maximum atomic E-state index is 13.1. The summed E-state index contributed by atoms with van der Waals surface area (Å²) in [4.78, 5) is 27.3. The van der Waals surface area contributed by atoms with Gasteiger partial charge in [0.25, 0.3) is 0 Å². The van der Waals surface area contributed by atoms with Crippen molar-refractivity contribution in [2.24, 2.45) is 0 Å². The molecule has 3 aromatic rings. The fourth-order valence-electron chi connectivity index (χ4n) is 4.11. The molecule has 0 amide bonds. The smallest absolute Gasteiger partial charge is 0.338 e. The van der Waals surface area contributed by atoms with Gasteiger partial charge in [0.2, 0.25) is 11.2 Å². The number of ether oxygens (including phenoxy) is 2. The first-order chi connectivity index (χ1) is 16.0. The van der Waals surface area contributed by atoms with E-state index in [1.165, 1.54) is 18.8 Å². The Kier molecular flexibility index (Phi) is 6.99. The molecule has 0 saturated carbocycles. The zero-order valence-electron chi connectivity index (χ0n) is 19.0. The molecule has 4 rings (SSSR count). The molecule has 1 fully saturated rings. The molecule has 174 valence electrons. The highest BCUT2D eigenvalue weighted by Gasteiger charge is 2.22. The molecule has 33 heavy (non-hydrogen) atoms. The number of carbonyl (C=O) groups excluding carboxylic acids is 1. The average molecular weight is 452 g/mol. The van der Waals surface area contributed by atoms with Gasteiger partial charge in [0.15, 0.2) is 0 Å². The van der Waals surface area contributed by atoms with Crippen molar-refractivity contribution < 1.29 is 23.8 Å². The van der Waals surface area contributed by atoms with Crippen LogP contribution >= 0.6 is 0 Å². The molecule has 7 nitrogen and oxygen atoms in total. The van der Waals surface area contributed by atoms with Gasteiger partial charge in [0.1, 0.15) is 23.3 Å². The molecular formula is C26H29NO6. The van der Waals surface area contributed by atoms with Crippen molar-refractivity contribution in [3.05, 3.63) is 64.0 Å². The molecule has 1 aliphatic rings.